The van der Waals surface area contributed by atoms with Crippen molar-refractivity contribution < 1.29 is 14.4 Å². The van der Waals surface area contributed by atoms with Crippen LogP contribution in [-0.4, -0.2) is 22.9 Å². The van der Waals surface area contributed by atoms with Crippen LogP contribution in [0.15, 0.2) is 79.1 Å². The third-order valence-corrected chi connectivity index (χ3v) is 5.47. The number of fused-ring (bicyclic) bond motifs is 1. The van der Waals surface area contributed by atoms with E-state index in [0.717, 1.165) is 16.8 Å². The molecule has 0 aliphatic carbocycles. The van der Waals surface area contributed by atoms with Crippen LogP contribution in [0.25, 0.3) is 0 Å². The summed E-state index contributed by atoms with van der Waals surface area (Å²) in [7, 11) is 0. The maximum atomic E-state index is 13.4. The number of nitrogens with zero attached hydrogens (tertiary/aromatic N) is 3. The van der Waals surface area contributed by atoms with E-state index >= 15 is 0 Å². The summed E-state index contributed by atoms with van der Waals surface area (Å²) in [4.78, 5) is 38.0. The molecule has 0 unspecified atom stereocenters. The average Bonchev–Trinajstić information content (AvgIpc) is 3.27. The van der Waals surface area contributed by atoms with Crippen LogP contribution in [-0.2, 0) is 14.4 Å². The van der Waals surface area contributed by atoms with Gasteiger partial charge >= 0.3 is 0 Å². The van der Waals surface area contributed by atoms with Gasteiger partial charge in [0.1, 0.15) is 5.92 Å². The van der Waals surface area contributed by atoms with Gasteiger partial charge in [-0.15, -0.1) is 0 Å². The molecule has 1 aromatic heterocycles. The Hall–Kier alpha value is -3.51. The monoisotopic (exact) mass is 385 g/mol. The van der Waals surface area contributed by atoms with E-state index in [1.54, 1.807) is 29.6 Å². The molecule has 0 spiro atoms. The largest absolute Gasteiger partial charge is 0.273 e. The topological polar surface area (TPSA) is 62.7 Å². The molecule has 0 bridgehead atoms. The van der Waals surface area contributed by atoms with Crippen molar-refractivity contribution in [3.63, 3.8) is 0 Å². The molecule has 0 saturated carbocycles. The van der Waals surface area contributed by atoms with Crippen LogP contribution in [0.3, 0.4) is 0 Å². The zero-order chi connectivity index (χ0) is 20.0. The second kappa shape index (κ2) is 6.83. The van der Waals surface area contributed by atoms with E-state index in [1.165, 1.54) is 4.90 Å². The second-order valence-electron chi connectivity index (χ2n) is 7.29. The Morgan fingerprint density at radius 1 is 0.828 bits per heavy atom. The molecule has 3 heterocycles. The molecule has 3 atom stereocenters. The van der Waals surface area contributed by atoms with E-state index in [-0.39, 0.29) is 11.8 Å². The number of amides is 2. The Labute approximate surface area is 168 Å². The maximum Gasteiger partial charge on any atom is 0.266 e. The van der Waals surface area contributed by atoms with Crippen molar-refractivity contribution in [2.75, 3.05) is 9.96 Å². The van der Waals surface area contributed by atoms with Gasteiger partial charge in [0.15, 0.2) is 6.10 Å². The van der Waals surface area contributed by atoms with Crippen molar-refractivity contribution in [3.05, 3.63) is 90.3 Å². The number of aromatic nitrogens is 1. The van der Waals surface area contributed by atoms with E-state index in [1.807, 2.05) is 61.5 Å². The fraction of sp³-hybridized carbons (Fsp3) is 0.174. The molecular weight excluding hydrogens is 366 g/mol. The predicted molar refractivity (Wildman–Crippen MR) is 108 cm³/mol. The van der Waals surface area contributed by atoms with Crippen molar-refractivity contribution in [2.24, 2.45) is 5.92 Å². The van der Waals surface area contributed by atoms with E-state index in [9.17, 15) is 9.59 Å². The van der Waals surface area contributed by atoms with Crippen molar-refractivity contribution >= 4 is 23.2 Å². The van der Waals surface area contributed by atoms with Gasteiger partial charge in [-0.1, -0.05) is 35.9 Å². The minimum Gasteiger partial charge on any atom is -0.273 e. The lowest BCUT2D eigenvalue weighted by Crippen LogP contribution is -2.37. The van der Waals surface area contributed by atoms with Gasteiger partial charge in [-0.3, -0.25) is 19.4 Å². The highest BCUT2D eigenvalue weighted by atomic mass is 16.7. The lowest BCUT2D eigenvalue weighted by Gasteiger charge is -2.28. The summed E-state index contributed by atoms with van der Waals surface area (Å²) in [5.41, 5.74) is 3.31. The molecule has 5 rings (SSSR count). The first-order valence-electron chi connectivity index (χ1n) is 9.50. The number of benzene rings is 2. The van der Waals surface area contributed by atoms with Gasteiger partial charge < -0.3 is 0 Å². The molecule has 2 saturated heterocycles. The second-order valence-corrected chi connectivity index (χ2v) is 7.29. The number of pyridine rings is 1. The number of anilines is 2. The molecule has 0 N–H and O–H groups in total. The number of aryl methyl sites for hydroxylation is 1. The Morgan fingerprint density at radius 3 is 2.21 bits per heavy atom. The number of hydroxylamine groups is 1. The van der Waals surface area contributed by atoms with Crippen LogP contribution < -0.4 is 9.96 Å². The summed E-state index contributed by atoms with van der Waals surface area (Å²) in [6.45, 7) is 1.96. The van der Waals surface area contributed by atoms with Crippen LogP contribution in [0.4, 0.5) is 11.4 Å². The summed E-state index contributed by atoms with van der Waals surface area (Å²) in [6.07, 6.45) is 2.51. The summed E-state index contributed by atoms with van der Waals surface area (Å²) in [5, 5.41) is 1.69. The third kappa shape index (κ3) is 2.80. The zero-order valence-electron chi connectivity index (χ0n) is 15.8. The Kier molecular flexibility index (Phi) is 4.14. The zero-order valence-corrected chi connectivity index (χ0v) is 15.8. The minimum atomic E-state index is -0.859. The van der Waals surface area contributed by atoms with Crippen molar-refractivity contribution in [2.45, 2.75) is 19.1 Å². The van der Waals surface area contributed by atoms with Gasteiger partial charge in [0.2, 0.25) is 5.91 Å². The summed E-state index contributed by atoms with van der Waals surface area (Å²) < 4.78 is 0. The first-order valence-corrected chi connectivity index (χ1v) is 9.50. The summed E-state index contributed by atoms with van der Waals surface area (Å²) >= 11 is 0. The first-order chi connectivity index (χ1) is 14.1. The number of hydrogen-bond donors (Lipinski definition) is 0. The van der Waals surface area contributed by atoms with Crippen LogP contribution in [0.2, 0.25) is 0 Å². The van der Waals surface area contributed by atoms with Gasteiger partial charge in [0.05, 0.1) is 17.4 Å². The van der Waals surface area contributed by atoms with Crippen LogP contribution in [0.5, 0.6) is 0 Å². The first kappa shape index (κ1) is 17.6. The molecule has 29 heavy (non-hydrogen) atoms. The van der Waals surface area contributed by atoms with Crippen LogP contribution in [0, 0.1) is 12.8 Å². The maximum absolute atomic E-state index is 13.4. The predicted octanol–water partition coefficient (Wildman–Crippen LogP) is 3.44. The SMILES string of the molecule is Cc1ccc(N2C(=O)[C@@H]3[C@H](ON(c4ccccc4)[C@@H]3c3ccncc3)C2=O)cc1. The summed E-state index contributed by atoms with van der Waals surface area (Å²) in [6, 6.07) is 20.2. The highest BCUT2D eigenvalue weighted by Gasteiger charge is 2.60. The van der Waals surface area contributed by atoms with Crippen molar-refractivity contribution in [1.82, 2.24) is 4.98 Å². The van der Waals surface area contributed by atoms with Gasteiger partial charge in [0.25, 0.3) is 5.91 Å². The molecule has 2 fully saturated rings. The number of para-hydroxylation sites is 1. The van der Waals surface area contributed by atoms with Crippen LogP contribution in [0.1, 0.15) is 17.2 Å². The highest BCUT2D eigenvalue weighted by molar-refractivity contribution is 6.23. The molecular formula is C23H19N3O3. The van der Waals surface area contributed by atoms with E-state index < -0.39 is 18.1 Å². The molecule has 2 aliphatic heterocycles. The molecule has 2 aliphatic rings. The molecule has 2 amide bonds. The number of hydrogen-bond acceptors (Lipinski definition) is 5. The average molecular weight is 385 g/mol. The lowest BCUT2D eigenvalue weighted by molar-refractivity contribution is -0.126. The number of carbonyl (C=O) groups is 2. The summed E-state index contributed by atoms with van der Waals surface area (Å²) in [5.74, 6) is -1.21. The molecule has 0 radical (unpaired) electrons. The molecule has 3 aromatic rings. The Morgan fingerprint density at radius 2 is 1.52 bits per heavy atom. The normalized spacial score (nSPS) is 23.6. The Bertz CT molecular complexity index is 1050. The van der Waals surface area contributed by atoms with E-state index in [2.05, 4.69) is 4.98 Å². The number of carbonyl (C=O) groups excluding carboxylic acids is 2. The van der Waals surface area contributed by atoms with E-state index in [4.69, 9.17) is 4.84 Å². The molecule has 6 nitrogen and oxygen atoms in total. The minimum absolute atomic E-state index is 0.246. The van der Waals surface area contributed by atoms with Gasteiger partial charge in [-0.25, -0.2) is 9.96 Å². The molecule has 6 heteroatoms. The van der Waals surface area contributed by atoms with Crippen molar-refractivity contribution in [3.8, 4) is 0 Å². The Balaban J connectivity index is 1.58. The standard InChI is InChI=1S/C23H19N3O3/c1-15-7-9-17(10-8-15)25-22(27)19-20(16-11-13-24-14-12-16)26(29-21(19)23(25)28)18-5-3-2-4-6-18/h2-14,19-21H,1H3/t19-,20+,21-/m0/s1. The smallest absolute Gasteiger partial charge is 0.266 e. The number of rotatable bonds is 3. The fourth-order valence-corrected chi connectivity index (χ4v) is 4.06. The third-order valence-electron chi connectivity index (χ3n) is 5.47. The van der Waals surface area contributed by atoms with Crippen LogP contribution >= 0.6 is 0 Å². The van der Waals surface area contributed by atoms with Gasteiger partial charge in [-0.05, 0) is 48.9 Å². The molecule has 144 valence electrons. The van der Waals surface area contributed by atoms with E-state index in [0.29, 0.717) is 5.69 Å². The molecule has 2 aromatic carbocycles. The highest BCUT2D eigenvalue weighted by Crippen LogP contribution is 2.47. The lowest BCUT2D eigenvalue weighted by atomic mass is 9.91. The quantitative estimate of drug-likeness (QED) is 0.647. The van der Waals surface area contributed by atoms with Gasteiger partial charge in [-0.2, -0.15) is 0 Å². The van der Waals surface area contributed by atoms with Crippen molar-refractivity contribution in [1.29, 1.82) is 0 Å². The fourth-order valence-electron chi connectivity index (χ4n) is 4.06. The van der Waals surface area contributed by atoms with Gasteiger partial charge in [0, 0.05) is 12.4 Å². The number of imide groups is 1.